The van der Waals surface area contributed by atoms with Gasteiger partial charge in [0.15, 0.2) is 0 Å². The highest BCUT2D eigenvalue weighted by Crippen LogP contribution is 2.30. The maximum absolute atomic E-state index is 13.0. The van der Waals surface area contributed by atoms with Crippen LogP contribution in [0.4, 0.5) is 10.1 Å². The molecule has 1 aromatic rings. The molecular formula is C9H11BrFNO2S. The number of thioether (sulfide) groups is 1. The Bertz CT molecular complexity index is 351. The highest BCUT2D eigenvalue weighted by Gasteiger charge is 2.09. The molecule has 15 heavy (non-hydrogen) atoms. The molecule has 0 amide bonds. The Labute approximate surface area is 99.6 Å². The largest absolute Gasteiger partial charge is 0.398 e. The Morgan fingerprint density at radius 1 is 1.53 bits per heavy atom. The van der Waals surface area contributed by atoms with Crippen LogP contribution in [0.1, 0.15) is 0 Å². The van der Waals surface area contributed by atoms with E-state index in [2.05, 4.69) is 15.9 Å². The van der Waals surface area contributed by atoms with Gasteiger partial charge in [-0.15, -0.1) is 11.8 Å². The van der Waals surface area contributed by atoms with Crippen molar-refractivity contribution in [2.24, 2.45) is 0 Å². The van der Waals surface area contributed by atoms with Crippen LogP contribution in [0.2, 0.25) is 0 Å². The van der Waals surface area contributed by atoms with Gasteiger partial charge in [0, 0.05) is 16.3 Å². The fraction of sp³-hybridized carbons (Fsp3) is 0.333. The molecule has 1 atom stereocenters. The van der Waals surface area contributed by atoms with Gasteiger partial charge in [0.2, 0.25) is 0 Å². The summed E-state index contributed by atoms with van der Waals surface area (Å²) < 4.78 is 13.3. The van der Waals surface area contributed by atoms with Crippen LogP contribution in [0, 0.1) is 5.82 Å². The molecule has 84 valence electrons. The van der Waals surface area contributed by atoms with E-state index in [9.17, 15) is 4.39 Å². The topological polar surface area (TPSA) is 66.5 Å². The lowest BCUT2D eigenvalue weighted by atomic mass is 10.3. The van der Waals surface area contributed by atoms with Crippen LogP contribution < -0.4 is 5.73 Å². The number of aliphatic hydroxyl groups is 2. The summed E-state index contributed by atoms with van der Waals surface area (Å²) in [6.07, 6.45) is -0.793. The lowest BCUT2D eigenvalue weighted by molar-refractivity contribution is 0.113. The molecule has 0 aliphatic carbocycles. The highest BCUT2D eigenvalue weighted by molar-refractivity contribution is 9.10. The number of halogens is 2. The third-order valence-electron chi connectivity index (χ3n) is 1.69. The summed E-state index contributed by atoms with van der Waals surface area (Å²) in [7, 11) is 0. The Morgan fingerprint density at radius 2 is 2.20 bits per heavy atom. The van der Waals surface area contributed by atoms with Crippen LogP contribution in [-0.4, -0.2) is 28.7 Å². The van der Waals surface area contributed by atoms with Crippen molar-refractivity contribution in [2.45, 2.75) is 11.0 Å². The minimum Gasteiger partial charge on any atom is -0.398 e. The van der Waals surface area contributed by atoms with Gasteiger partial charge in [0.25, 0.3) is 0 Å². The molecule has 0 aromatic heterocycles. The lowest BCUT2D eigenvalue weighted by Crippen LogP contribution is -2.14. The van der Waals surface area contributed by atoms with Gasteiger partial charge in [0.05, 0.1) is 17.2 Å². The number of benzene rings is 1. The third-order valence-corrected chi connectivity index (χ3v) is 3.52. The molecule has 0 saturated carbocycles. The normalized spacial score (nSPS) is 12.8. The lowest BCUT2D eigenvalue weighted by Gasteiger charge is -2.09. The summed E-state index contributed by atoms with van der Waals surface area (Å²) in [5.74, 6) is -0.0989. The molecule has 0 bridgehead atoms. The van der Waals surface area contributed by atoms with Crippen molar-refractivity contribution in [3.05, 3.63) is 22.4 Å². The van der Waals surface area contributed by atoms with Gasteiger partial charge in [-0.2, -0.15) is 0 Å². The summed E-state index contributed by atoms with van der Waals surface area (Å²) in [6, 6.07) is 2.77. The average Bonchev–Trinajstić information content (AvgIpc) is 2.21. The number of anilines is 1. The fourth-order valence-electron chi connectivity index (χ4n) is 0.908. The number of nitrogens with two attached hydrogens (primary N) is 1. The minimum absolute atomic E-state index is 0.296. The van der Waals surface area contributed by atoms with E-state index < -0.39 is 11.9 Å². The Balaban J connectivity index is 2.73. The first kappa shape index (κ1) is 12.8. The summed E-state index contributed by atoms with van der Waals surface area (Å²) in [5, 5.41) is 17.8. The van der Waals surface area contributed by atoms with Gasteiger partial charge in [-0.25, -0.2) is 4.39 Å². The van der Waals surface area contributed by atoms with Crippen molar-refractivity contribution in [2.75, 3.05) is 18.1 Å². The molecule has 1 unspecified atom stereocenters. The quantitative estimate of drug-likeness (QED) is 0.583. The van der Waals surface area contributed by atoms with Crippen LogP contribution in [0.25, 0.3) is 0 Å². The second-order valence-corrected chi connectivity index (χ2v) is 4.87. The smallest absolute Gasteiger partial charge is 0.139 e. The average molecular weight is 296 g/mol. The second kappa shape index (κ2) is 5.69. The van der Waals surface area contributed by atoms with Gasteiger partial charge in [-0.05, 0) is 28.1 Å². The van der Waals surface area contributed by atoms with Gasteiger partial charge >= 0.3 is 0 Å². The molecule has 0 spiro atoms. The van der Waals surface area contributed by atoms with E-state index in [0.29, 0.717) is 20.8 Å². The van der Waals surface area contributed by atoms with Gasteiger partial charge in [-0.1, -0.05) is 0 Å². The first-order valence-corrected chi connectivity index (χ1v) is 5.98. The minimum atomic E-state index is -0.793. The molecule has 0 heterocycles. The zero-order valence-electron chi connectivity index (χ0n) is 7.78. The predicted molar refractivity (Wildman–Crippen MR) is 62.3 cm³/mol. The predicted octanol–water partition coefficient (Wildman–Crippen LogP) is 1.62. The zero-order valence-corrected chi connectivity index (χ0v) is 10.2. The molecule has 0 fully saturated rings. The van der Waals surface area contributed by atoms with Crippen molar-refractivity contribution >= 4 is 33.4 Å². The van der Waals surface area contributed by atoms with E-state index in [1.54, 1.807) is 6.07 Å². The Morgan fingerprint density at radius 3 is 2.80 bits per heavy atom. The van der Waals surface area contributed by atoms with E-state index in [1.807, 2.05) is 0 Å². The number of hydrogen-bond donors (Lipinski definition) is 3. The van der Waals surface area contributed by atoms with E-state index in [1.165, 1.54) is 17.8 Å². The van der Waals surface area contributed by atoms with Crippen LogP contribution in [-0.2, 0) is 0 Å². The van der Waals surface area contributed by atoms with Crippen molar-refractivity contribution in [3.63, 3.8) is 0 Å². The molecule has 1 rings (SSSR count). The van der Waals surface area contributed by atoms with Gasteiger partial charge in [0.1, 0.15) is 5.82 Å². The third kappa shape index (κ3) is 3.64. The number of hydrogen-bond acceptors (Lipinski definition) is 4. The fourth-order valence-corrected chi connectivity index (χ4v) is 2.31. The Kier molecular flexibility index (Phi) is 4.85. The molecule has 0 aliphatic rings. The molecule has 3 nitrogen and oxygen atoms in total. The molecular weight excluding hydrogens is 285 g/mol. The molecule has 1 aromatic carbocycles. The maximum Gasteiger partial charge on any atom is 0.139 e. The molecule has 0 aliphatic heterocycles. The SMILES string of the molecule is Nc1cc(F)c(Br)cc1SCC(O)CO. The zero-order chi connectivity index (χ0) is 11.4. The number of nitrogen functional groups attached to an aromatic ring is 1. The molecule has 4 N–H and O–H groups in total. The molecule has 0 saturated heterocycles. The van der Waals surface area contributed by atoms with Crippen molar-refractivity contribution < 1.29 is 14.6 Å². The molecule has 6 heteroatoms. The van der Waals surface area contributed by atoms with E-state index >= 15 is 0 Å². The summed E-state index contributed by atoms with van der Waals surface area (Å²) in [6.45, 7) is -0.296. The van der Waals surface area contributed by atoms with Gasteiger partial charge < -0.3 is 15.9 Å². The van der Waals surface area contributed by atoms with E-state index in [-0.39, 0.29) is 6.61 Å². The standard InChI is InChI=1S/C9H11BrFNO2S/c10-6-1-9(8(12)2-7(6)11)15-4-5(14)3-13/h1-2,5,13-14H,3-4,12H2. The number of aliphatic hydroxyl groups excluding tert-OH is 2. The summed E-state index contributed by atoms with van der Waals surface area (Å²) in [5.41, 5.74) is 5.92. The number of rotatable bonds is 4. The summed E-state index contributed by atoms with van der Waals surface area (Å²) in [4.78, 5) is 0.677. The van der Waals surface area contributed by atoms with Crippen LogP contribution in [0.15, 0.2) is 21.5 Å². The van der Waals surface area contributed by atoms with Crippen molar-refractivity contribution in [3.8, 4) is 0 Å². The van der Waals surface area contributed by atoms with Gasteiger partial charge in [-0.3, -0.25) is 0 Å². The first-order valence-electron chi connectivity index (χ1n) is 4.21. The monoisotopic (exact) mass is 295 g/mol. The van der Waals surface area contributed by atoms with Crippen molar-refractivity contribution in [1.29, 1.82) is 0 Å². The Hall–Kier alpha value is -0.300. The van der Waals surface area contributed by atoms with Crippen molar-refractivity contribution in [1.82, 2.24) is 0 Å². The highest BCUT2D eigenvalue weighted by atomic mass is 79.9. The van der Waals surface area contributed by atoms with E-state index in [0.717, 1.165) is 0 Å². The first-order chi connectivity index (χ1) is 7.04. The van der Waals surface area contributed by atoms with Crippen LogP contribution >= 0.6 is 27.7 Å². The maximum atomic E-state index is 13.0. The second-order valence-electron chi connectivity index (χ2n) is 2.95. The molecule has 0 radical (unpaired) electrons. The summed E-state index contributed by atoms with van der Waals surface area (Å²) >= 11 is 4.32. The van der Waals surface area contributed by atoms with Crippen LogP contribution in [0.3, 0.4) is 0 Å². The van der Waals surface area contributed by atoms with Crippen LogP contribution in [0.5, 0.6) is 0 Å². The van der Waals surface area contributed by atoms with E-state index in [4.69, 9.17) is 15.9 Å².